The summed E-state index contributed by atoms with van der Waals surface area (Å²) in [6.45, 7) is 1.96. The highest BCUT2D eigenvalue weighted by molar-refractivity contribution is 5.84. The zero-order valence-electron chi connectivity index (χ0n) is 12.7. The molecule has 2 aromatic rings. The van der Waals surface area contributed by atoms with Crippen LogP contribution in [-0.4, -0.2) is 53.6 Å². The lowest BCUT2D eigenvalue weighted by Gasteiger charge is -2.30. The Bertz CT molecular complexity index is 656. The van der Waals surface area contributed by atoms with Gasteiger partial charge in [0.05, 0.1) is 10.9 Å². The molecule has 1 aromatic carbocycles. The number of amides is 1. The number of rotatable bonds is 4. The van der Waals surface area contributed by atoms with Crippen molar-refractivity contribution >= 4 is 16.8 Å². The number of hydrogen-bond acceptors (Lipinski definition) is 5. The fourth-order valence-electron chi connectivity index (χ4n) is 2.78. The van der Waals surface area contributed by atoms with Crippen molar-refractivity contribution in [2.45, 2.75) is 18.9 Å². The van der Waals surface area contributed by atoms with Crippen LogP contribution in [0.1, 0.15) is 12.8 Å². The van der Waals surface area contributed by atoms with Crippen LogP contribution in [-0.2, 0) is 4.79 Å². The monoisotopic (exact) mass is 300 g/mol. The predicted molar refractivity (Wildman–Crippen MR) is 83.7 cm³/mol. The number of likely N-dealkylation sites (tertiary alicyclic amines) is 1. The van der Waals surface area contributed by atoms with Gasteiger partial charge in [-0.05, 0) is 38.6 Å². The highest BCUT2D eigenvalue weighted by Gasteiger charge is 2.19. The summed E-state index contributed by atoms with van der Waals surface area (Å²) in [5.74, 6) is 0.338. The van der Waals surface area contributed by atoms with Gasteiger partial charge in [-0.25, -0.2) is 9.97 Å². The normalized spacial score (nSPS) is 19.0. The first-order chi connectivity index (χ1) is 10.7. The molecule has 2 heterocycles. The molecule has 0 spiro atoms. The van der Waals surface area contributed by atoms with Crippen molar-refractivity contribution in [1.82, 2.24) is 20.2 Å². The van der Waals surface area contributed by atoms with Crippen LogP contribution < -0.4 is 10.1 Å². The molecule has 1 N–H and O–H groups in total. The average Bonchev–Trinajstić information content (AvgIpc) is 2.53. The van der Waals surface area contributed by atoms with Crippen molar-refractivity contribution in [3.05, 3.63) is 30.6 Å². The third-order valence-electron chi connectivity index (χ3n) is 3.84. The number of hydrogen-bond donors (Lipinski definition) is 1. The molecule has 1 aliphatic rings. The van der Waals surface area contributed by atoms with E-state index in [4.69, 9.17) is 4.74 Å². The third-order valence-corrected chi connectivity index (χ3v) is 3.84. The van der Waals surface area contributed by atoms with E-state index in [1.807, 2.05) is 24.3 Å². The first-order valence-electron chi connectivity index (χ1n) is 7.53. The summed E-state index contributed by atoms with van der Waals surface area (Å²) >= 11 is 0. The zero-order valence-corrected chi connectivity index (χ0v) is 12.7. The standard InChI is InChI=1S/C16H20N4O2/c1-20-8-4-5-12(9-20)19-15(21)10-22-16-13-6-2-3-7-14(13)17-11-18-16/h2-3,6-7,11-12H,4-5,8-10H2,1H3,(H,19,21)/t12-/m0/s1. The van der Waals surface area contributed by atoms with E-state index in [9.17, 15) is 4.79 Å². The second kappa shape index (κ2) is 6.70. The predicted octanol–water partition coefficient (Wildman–Crippen LogP) is 1.22. The molecule has 6 heteroatoms. The molecular formula is C16H20N4O2. The van der Waals surface area contributed by atoms with Crippen molar-refractivity contribution in [2.75, 3.05) is 26.7 Å². The topological polar surface area (TPSA) is 67.4 Å². The Morgan fingerprint density at radius 1 is 1.41 bits per heavy atom. The number of aromatic nitrogens is 2. The molecule has 1 atom stereocenters. The second-order valence-electron chi connectivity index (χ2n) is 5.65. The SMILES string of the molecule is CN1CCC[C@H](NC(=O)COc2ncnc3ccccc23)C1. The minimum Gasteiger partial charge on any atom is -0.467 e. The van der Waals surface area contributed by atoms with Crippen molar-refractivity contribution in [1.29, 1.82) is 0 Å². The molecule has 0 aliphatic carbocycles. The molecule has 1 aliphatic heterocycles. The Morgan fingerprint density at radius 3 is 3.14 bits per heavy atom. The van der Waals surface area contributed by atoms with Gasteiger partial charge in [0, 0.05) is 12.6 Å². The summed E-state index contributed by atoms with van der Waals surface area (Å²) in [7, 11) is 2.07. The van der Waals surface area contributed by atoms with Gasteiger partial charge in [0.15, 0.2) is 6.61 Å². The molecule has 0 radical (unpaired) electrons. The molecule has 1 fully saturated rings. The number of para-hydroxylation sites is 1. The van der Waals surface area contributed by atoms with E-state index in [1.165, 1.54) is 6.33 Å². The molecule has 0 unspecified atom stereocenters. The number of likely N-dealkylation sites (N-methyl/N-ethyl adjacent to an activating group) is 1. The highest BCUT2D eigenvalue weighted by Crippen LogP contribution is 2.20. The Morgan fingerprint density at radius 2 is 2.27 bits per heavy atom. The van der Waals surface area contributed by atoms with E-state index in [1.54, 1.807) is 0 Å². The van der Waals surface area contributed by atoms with E-state index >= 15 is 0 Å². The molecule has 1 amide bonds. The van der Waals surface area contributed by atoms with E-state index in [0.717, 1.165) is 36.8 Å². The summed E-state index contributed by atoms with van der Waals surface area (Å²) < 4.78 is 5.57. The molecule has 1 saturated heterocycles. The summed E-state index contributed by atoms with van der Waals surface area (Å²) in [6, 6.07) is 7.79. The Kier molecular flexibility index (Phi) is 4.48. The van der Waals surface area contributed by atoms with E-state index < -0.39 is 0 Å². The maximum absolute atomic E-state index is 12.0. The second-order valence-corrected chi connectivity index (χ2v) is 5.65. The van der Waals surface area contributed by atoms with Gasteiger partial charge >= 0.3 is 0 Å². The number of ether oxygens (including phenoxy) is 1. The Labute approximate surface area is 129 Å². The van der Waals surface area contributed by atoms with Crippen LogP contribution >= 0.6 is 0 Å². The molecule has 3 rings (SSSR count). The largest absolute Gasteiger partial charge is 0.467 e. The maximum atomic E-state index is 12.0. The van der Waals surface area contributed by atoms with Gasteiger partial charge in [-0.1, -0.05) is 12.1 Å². The fourth-order valence-corrected chi connectivity index (χ4v) is 2.78. The van der Waals surface area contributed by atoms with Gasteiger partial charge < -0.3 is 15.0 Å². The molecule has 0 bridgehead atoms. The minimum atomic E-state index is -0.108. The number of benzene rings is 1. The van der Waals surface area contributed by atoms with E-state index in [-0.39, 0.29) is 18.6 Å². The van der Waals surface area contributed by atoms with Crippen LogP contribution in [0, 0.1) is 0 Å². The van der Waals surface area contributed by atoms with Crippen molar-refractivity contribution in [3.63, 3.8) is 0 Å². The van der Waals surface area contributed by atoms with Gasteiger partial charge in [-0.3, -0.25) is 4.79 Å². The Balaban J connectivity index is 1.58. The molecular weight excluding hydrogens is 280 g/mol. The van der Waals surface area contributed by atoms with Crippen molar-refractivity contribution in [3.8, 4) is 5.88 Å². The van der Waals surface area contributed by atoms with Gasteiger partial charge in [0.25, 0.3) is 5.91 Å². The zero-order chi connectivity index (χ0) is 15.4. The lowest BCUT2D eigenvalue weighted by molar-refractivity contribution is -0.124. The molecule has 0 saturated carbocycles. The van der Waals surface area contributed by atoms with Gasteiger partial charge in [0.2, 0.25) is 5.88 Å². The van der Waals surface area contributed by atoms with Crippen molar-refractivity contribution in [2.24, 2.45) is 0 Å². The van der Waals surface area contributed by atoms with Crippen LogP contribution in [0.15, 0.2) is 30.6 Å². The maximum Gasteiger partial charge on any atom is 0.258 e. The lowest BCUT2D eigenvalue weighted by Crippen LogP contribution is -2.47. The van der Waals surface area contributed by atoms with Gasteiger partial charge in [-0.2, -0.15) is 0 Å². The first-order valence-corrected chi connectivity index (χ1v) is 7.53. The molecule has 1 aromatic heterocycles. The van der Waals surface area contributed by atoms with Gasteiger partial charge in [-0.15, -0.1) is 0 Å². The Hall–Kier alpha value is -2.21. The highest BCUT2D eigenvalue weighted by atomic mass is 16.5. The van der Waals surface area contributed by atoms with Crippen molar-refractivity contribution < 1.29 is 9.53 Å². The number of carbonyl (C=O) groups excluding carboxylic acids is 1. The number of nitrogens with one attached hydrogen (secondary N) is 1. The smallest absolute Gasteiger partial charge is 0.258 e. The summed E-state index contributed by atoms with van der Waals surface area (Å²) in [6.07, 6.45) is 3.58. The number of nitrogens with zero attached hydrogens (tertiary/aromatic N) is 3. The average molecular weight is 300 g/mol. The van der Waals surface area contributed by atoms with E-state index in [0.29, 0.717) is 5.88 Å². The third kappa shape index (κ3) is 3.51. The summed E-state index contributed by atoms with van der Waals surface area (Å²) in [5.41, 5.74) is 0.807. The lowest BCUT2D eigenvalue weighted by atomic mass is 10.1. The summed E-state index contributed by atoms with van der Waals surface area (Å²) in [5, 5.41) is 3.83. The number of piperidine rings is 1. The van der Waals surface area contributed by atoms with Crippen LogP contribution in [0.2, 0.25) is 0 Å². The quantitative estimate of drug-likeness (QED) is 0.919. The van der Waals surface area contributed by atoms with E-state index in [2.05, 4.69) is 27.2 Å². The van der Waals surface area contributed by atoms with Crippen LogP contribution in [0.3, 0.4) is 0 Å². The number of carbonyl (C=O) groups is 1. The minimum absolute atomic E-state index is 0.0266. The molecule has 6 nitrogen and oxygen atoms in total. The summed E-state index contributed by atoms with van der Waals surface area (Å²) in [4.78, 5) is 22.5. The van der Waals surface area contributed by atoms with Crippen LogP contribution in [0.5, 0.6) is 5.88 Å². The first kappa shape index (κ1) is 14.7. The van der Waals surface area contributed by atoms with Gasteiger partial charge in [0.1, 0.15) is 6.33 Å². The van der Waals surface area contributed by atoms with Crippen LogP contribution in [0.25, 0.3) is 10.9 Å². The molecule has 116 valence electrons. The fraction of sp³-hybridized carbons (Fsp3) is 0.438. The van der Waals surface area contributed by atoms with Crippen LogP contribution in [0.4, 0.5) is 0 Å². The number of fused-ring (bicyclic) bond motifs is 1. The molecule has 22 heavy (non-hydrogen) atoms.